The van der Waals surface area contributed by atoms with Crippen LogP contribution in [0.3, 0.4) is 0 Å². The first kappa shape index (κ1) is 17.5. The van der Waals surface area contributed by atoms with Gasteiger partial charge in [0, 0.05) is 27.9 Å². The molecule has 1 aromatic heterocycles. The van der Waals surface area contributed by atoms with E-state index in [-0.39, 0.29) is 29.4 Å². The zero-order valence-corrected chi connectivity index (χ0v) is 14.7. The molecule has 2 aromatic carbocycles. The molecule has 132 valence electrons. The van der Waals surface area contributed by atoms with Crippen molar-refractivity contribution in [3.8, 4) is 11.4 Å². The molecule has 0 aliphatic carbocycles. The summed E-state index contributed by atoms with van der Waals surface area (Å²) in [6.07, 6.45) is 0. The quantitative estimate of drug-likeness (QED) is 0.288. The van der Waals surface area contributed by atoms with Crippen molar-refractivity contribution in [3.63, 3.8) is 0 Å². The molecule has 0 radical (unpaired) electrons. The summed E-state index contributed by atoms with van der Waals surface area (Å²) in [6, 6.07) is 10.8. The molecule has 0 aliphatic heterocycles. The summed E-state index contributed by atoms with van der Waals surface area (Å²) in [7, 11) is 0. The van der Waals surface area contributed by atoms with Gasteiger partial charge in [-0.15, -0.1) is 0 Å². The second kappa shape index (κ2) is 7.31. The van der Waals surface area contributed by atoms with Crippen LogP contribution in [0.15, 0.2) is 51.5 Å². The summed E-state index contributed by atoms with van der Waals surface area (Å²) >= 11 is 3.35. The molecule has 0 spiro atoms. The van der Waals surface area contributed by atoms with Crippen LogP contribution in [0.2, 0.25) is 0 Å². The predicted molar refractivity (Wildman–Crippen MR) is 94.1 cm³/mol. The molecule has 10 heteroatoms. The number of rotatable bonds is 5. The van der Waals surface area contributed by atoms with Crippen LogP contribution in [-0.2, 0) is 11.3 Å². The fourth-order valence-corrected chi connectivity index (χ4v) is 2.50. The van der Waals surface area contributed by atoms with E-state index in [0.717, 1.165) is 16.1 Å². The van der Waals surface area contributed by atoms with Gasteiger partial charge < -0.3 is 15.0 Å². The van der Waals surface area contributed by atoms with Crippen molar-refractivity contribution in [3.05, 3.63) is 68.5 Å². The second-order valence-electron chi connectivity index (χ2n) is 5.13. The number of nitro benzene ring substituents is 1. The number of nitrogens with two attached hydrogens (primary N) is 1. The molecule has 1 heterocycles. The predicted octanol–water partition coefficient (Wildman–Crippen LogP) is 3.35. The Morgan fingerprint density at radius 2 is 2.12 bits per heavy atom. The van der Waals surface area contributed by atoms with E-state index >= 15 is 0 Å². The largest absolute Gasteiger partial charge is 0.452 e. The maximum Gasteiger partial charge on any atom is 0.341 e. The number of nitrogens with zero attached hydrogens (tertiary/aromatic N) is 3. The van der Waals surface area contributed by atoms with E-state index in [0.29, 0.717) is 5.82 Å². The highest BCUT2D eigenvalue weighted by molar-refractivity contribution is 9.10. The minimum atomic E-state index is -0.826. The Morgan fingerprint density at radius 3 is 2.85 bits per heavy atom. The highest BCUT2D eigenvalue weighted by Crippen LogP contribution is 2.22. The first-order chi connectivity index (χ1) is 12.4. The molecule has 0 saturated carbocycles. The Bertz CT molecular complexity index is 988. The monoisotopic (exact) mass is 418 g/mol. The third-order valence-electron chi connectivity index (χ3n) is 3.35. The lowest BCUT2D eigenvalue weighted by Gasteiger charge is -2.04. The van der Waals surface area contributed by atoms with Crippen LogP contribution in [0.1, 0.15) is 16.2 Å². The van der Waals surface area contributed by atoms with E-state index in [1.165, 1.54) is 12.1 Å². The maximum atomic E-state index is 12.1. The Balaban J connectivity index is 1.71. The van der Waals surface area contributed by atoms with Crippen LogP contribution in [0.25, 0.3) is 11.4 Å². The minimum absolute atomic E-state index is 0.0703. The van der Waals surface area contributed by atoms with Gasteiger partial charge in [-0.25, -0.2) is 4.79 Å². The number of aromatic nitrogens is 2. The molecule has 2 N–H and O–H groups in total. The molecule has 0 aliphatic rings. The van der Waals surface area contributed by atoms with Crippen molar-refractivity contribution >= 4 is 33.3 Å². The van der Waals surface area contributed by atoms with Crippen LogP contribution in [0.5, 0.6) is 0 Å². The third kappa shape index (κ3) is 3.86. The SMILES string of the molecule is Nc1ccc([N+](=O)[O-])cc1C(=O)OCc1nc(-c2cccc(Br)c2)no1. The standard InChI is InChI=1S/C16H11BrN4O5/c17-10-3-1-2-9(6-10)15-19-14(26-20-15)8-25-16(22)12-7-11(21(23)24)4-5-13(12)18/h1-7H,8,18H2. The van der Waals surface area contributed by atoms with Crippen molar-refractivity contribution in [2.75, 3.05) is 5.73 Å². The fourth-order valence-electron chi connectivity index (χ4n) is 2.10. The van der Waals surface area contributed by atoms with E-state index < -0.39 is 10.9 Å². The van der Waals surface area contributed by atoms with Gasteiger partial charge in [-0.2, -0.15) is 4.98 Å². The third-order valence-corrected chi connectivity index (χ3v) is 3.84. The van der Waals surface area contributed by atoms with Crippen LogP contribution < -0.4 is 5.73 Å². The summed E-state index contributed by atoms with van der Waals surface area (Å²) in [5.74, 6) is -0.405. The van der Waals surface area contributed by atoms with E-state index in [2.05, 4.69) is 26.1 Å². The number of carbonyl (C=O) groups is 1. The Hall–Kier alpha value is -3.27. The zero-order valence-electron chi connectivity index (χ0n) is 13.1. The number of halogens is 1. The molecule has 3 aromatic rings. The molecular formula is C16H11BrN4O5. The van der Waals surface area contributed by atoms with Crippen molar-refractivity contribution in [2.45, 2.75) is 6.61 Å². The number of hydrogen-bond acceptors (Lipinski definition) is 8. The highest BCUT2D eigenvalue weighted by atomic mass is 79.9. The first-order valence-electron chi connectivity index (χ1n) is 7.23. The van der Waals surface area contributed by atoms with Gasteiger partial charge >= 0.3 is 5.97 Å². The summed E-state index contributed by atoms with van der Waals surface area (Å²) < 4.78 is 11.0. The van der Waals surface area contributed by atoms with Gasteiger partial charge in [-0.3, -0.25) is 10.1 Å². The van der Waals surface area contributed by atoms with E-state index in [4.69, 9.17) is 15.0 Å². The van der Waals surface area contributed by atoms with Gasteiger partial charge in [0.05, 0.1) is 10.5 Å². The number of benzene rings is 2. The number of carbonyl (C=O) groups excluding carboxylic acids is 1. The fraction of sp³-hybridized carbons (Fsp3) is 0.0625. The molecular weight excluding hydrogens is 408 g/mol. The lowest BCUT2D eigenvalue weighted by molar-refractivity contribution is -0.384. The lowest BCUT2D eigenvalue weighted by Crippen LogP contribution is -2.09. The number of hydrogen-bond donors (Lipinski definition) is 1. The van der Waals surface area contributed by atoms with E-state index in [1.54, 1.807) is 6.07 Å². The normalized spacial score (nSPS) is 10.5. The minimum Gasteiger partial charge on any atom is -0.452 e. The van der Waals surface area contributed by atoms with Crippen molar-refractivity contribution < 1.29 is 19.0 Å². The van der Waals surface area contributed by atoms with Gasteiger partial charge in [-0.1, -0.05) is 33.2 Å². The van der Waals surface area contributed by atoms with E-state index in [1.807, 2.05) is 18.2 Å². The first-order valence-corrected chi connectivity index (χ1v) is 8.03. The Kier molecular flexibility index (Phi) is 4.94. The molecule has 0 unspecified atom stereocenters. The summed E-state index contributed by atoms with van der Waals surface area (Å²) in [5, 5.41) is 14.6. The molecule has 26 heavy (non-hydrogen) atoms. The number of nitro groups is 1. The van der Waals surface area contributed by atoms with Crippen molar-refractivity contribution in [1.29, 1.82) is 0 Å². The van der Waals surface area contributed by atoms with Gasteiger partial charge in [0.25, 0.3) is 11.6 Å². The van der Waals surface area contributed by atoms with Crippen molar-refractivity contribution in [1.82, 2.24) is 10.1 Å². The Labute approximate surface area is 155 Å². The second-order valence-corrected chi connectivity index (χ2v) is 6.04. The summed E-state index contributed by atoms with van der Waals surface area (Å²) in [4.78, 5) is 26.4. The van der Waals surface area contributed by atoms with Crippen LogP contribution in [-0.4, -0.2) is 21.0 Å². The number of nitrogen functional groups attached to an aromatic ring is 1. The number of ether oxygens (including phenoxy) is 1. The van der Waals surface area contributed by atoms with Crippen LogP contribution in [0, 0.1) is 10.1 Å². The number of esters is 1. The maximum absolute atomic E-state index is 12.1. The molecule has 0 saturated heterocycles. The highest BCUT2D eigenvalue weighted by Gasteiger charge is 2.18. The summed E-state index contributed by atoms with van der Waals surface area (Å²) in [5.41, 5.74) is 6.10. The Morgan fingerprint density at radius 1 is 1.31 bits per heavy atom. The molecule has 9 nitrogen and oxygen atoms in total. The van der Waals surface area contributed by atoms with Gasteiger partial charge in [0.1, 0.15) is 0 Å². The van der Waals surface area contributed by atoms with Gasteiger partial charge in [0.2, 0.25) is 5.82 Å². The molecule has 0 atom stereocenters. The lowest BCUT2D eigenvalue weighted by atomic mass is 10.1. The average Bonchev–Trinajstić information content (AvgIpc) is 3.09. The molecule has 0 fully saturated rings. The van der Waals surface area contributed by atoms with Gasteiger partial charge in [-0.05, 0) is 18.2 Å². The average molecular weight is 419 g/mol. The molecule has 0 amide bonds. The van der Waals surface area contributed by atoms with Gasteiger partial charge in [0.15, 0.2) is 6.61 Å². The zero-order chi connectivity index (χ0) is 18.7. The van der Waals surface area contributed by atoms with Crippen LogP contribution in [0.4, 0.5) is 11.4 Å². The molecule has 3 rings (SSSR count). The van der Waals surface area contributed by atoms with Crippen LogP contribution >= 0.6 is 15.9 Å². The van der Waals surface area contributed by atoms with E-state index in [9.17, 15) is 14.9 Å². The number of anilines is 1. The number of non-ortho nitro benzene ring substituents is 1. The topological polar surface area (TPSA) is 134 Å². The van der Waals surface area contributed by atoms with Crippen molar-refractivity contribution in [2.24, 2.45) is 0 Å². The summed E-state index contributed by atoms with van der Waals surface area (Å²) in [6.45, 7) is -0.290. The smallest absolute Gasteiger partial charge is 0.341 e. The molecule has 0 bridgehead atoms.